The molecule has 0 radical (unpaired) electrons. The zero-order valence-corrected chi connectivity index (χ0v) is 15.6. The van der Waals surface area contributed by atoms with Gasteiger partial charge in [0.1, 0.15) is 0 Å². The van der Waals surface area contributed by atoms with Crippen LogP contribution in [0.1, 0.15) is 36.3 Å². The fraction of sp³-hybridized carbons (Fsp3) is 0.529. The highest BCUT2D eigenvalue weighted by Gasteiger charge is 2.42. The molecule has 2 N–H and O–H groups in total. The van der Waals surface area contributed by atoms with Crippen LogP contribution in [0.5, 0.6) is 0 Å². The van der Waals surface area contributed by atoms with E-state index >= 15 is 0 Å². The van der Waals surface area contributed by atoms with Gasteiger partial charge in [-0.25, -0.2) is 4.79 Å². The highest BCUT2D eigenvalue weighted by atomic mass is 79.9. The number of amides is 2. The normalized spacial score (nSPS) is 26.4. The molecule has 24 heavy (non-hydrogen) atoms. The lowest BCUT2D eigenvalue weighted by Gasteiger charge is -2.16. The summed E-state index contributed by atoms with van der Waals surface area (Å²) in [5.74, 6) is 0.784. The first-order valence-corrected chi connectivity index (χ1v) is 10.2. The molecule has 1 aromatic rings. The molecule has 2 aliphatic rings. The molecule has 0 saturated carbocycles. The summed E-state index contributed by atoms with van der Waals surface area (Å²) >= 11 is 5.29. The van der Waals surface area contributed by atoms with Crippen LogP contribution in [0, 0.1) is 0 Å². The number of carbonyl (C=O) groups excluding carboxylic acids is 2. The minimum absolute atomic E-state index is 0.0526. The van der Waals surface area contributed by atoms with Gasteiger partial charge in [-0.2, -0.15) is 11.8 Å². The monoisotopic (exact) mass is 412 g/mol. The fourth-order valence-electron chi connectivity index (χ4n) is 3.10. The predicted molar refractivity (Wildman–Crippen MR) is 98.2 cm³/mol. The molecule has 2 heterocycles. The Morgan fingerprint density at radius 1 is 1.29 bits per heavy atom. The van der Waals surface area contributed by atoms with Crippen molar-refractivity contribution in [3.63, 3.8) is 0 Å². The van der Waals surface area contributed by atoms with Crippen LogP contribution in [0.4, 0.5) is 4.79 Å². The minimum atomic E-state index is -0.392. The lowest BCUT2D eigenvalue weighted by Crippen LogP contribution is -2.36. The lowest BCUT2D eigenvalue weighted by atomic mass is 10.0. The quantitative estimate of drug-likeness (QED) is 0.311. The summed E-state index contributed by atoms with van der Waals surface area (Å²) in [5.41, 5.74) is 0.934. The van der Waals surface area contributed by atoms with E-state index < -0.39 is 5.01 Å². The maximum Gasteiger partial charge on any atom is 0.315 e. The van der Waals surface area contributed by atoms with Crippen molar-refractivity contribution in [2.75, 3.05) is 5.75 Å². The predicted octanol–water partition coefficient (Wildman–Crippen LogP) is 3.35. The summed E-state index contributed by atoms with van der Waals surface area (Å²) in [6.07, 6.45) is 3.20. The van der Waals surface area contributed by atoms with Crippen LogP contribution in [0.15, 0.2) is 30.3 Å². The van der Waals surface area contributed by atoms with E-state index in [4.69, 9.17) is 4.74 Å². The van der Waals surface area contributed by atoms with E-state index in [0.717, 1.165) is 30.6 Å². The number of carbonyl (C=O) groups is 2. The van der Waals surface area contributed by atoms with Crippen LogP contribution in [0.25, 0.3) is 0 Å². The smallest absolute Gasteiger partial charge is 0.315 e. The van der Waals surface area contributed by atoms with Crippen LogP contribution in [-0.2, 0) is 9.53 Å². The van der Waals surface area contributed by atoms with Crippen molar-refractivity contribution in [3.05, 3.63) is 35.9 Å². The van der Waals surface area contributed by atoms with Gasteiger partial charge in [0.05, 0.1) is 12.1 Å². The molecule has 2 aliphatic heterocycles. The molecule has 0 spiro atoms. The molecule has 1 aromatic carbocycles. The van der Waals surface area contributed by atoms with Gasteiger partial charge in [0.25, 0.3) is 0 Å². The zero-order chi connectivity index (χ0) is 16.9. The van der Waals surface area contributed by atoms with Crippen molar-refractivity contribution in [2.45, 2.75) is 48.0 Å². The van der Waals surface area contributed by atoms with Crippen LogP contribution in [0.3, 0.4) is 0 Å². The average Bonchev–Trinajstić information content (AvgIpc) is 3.12. The van der Waals surface area contributed by atoms with Crippen molar-refractivity contribution in [1.29, 1.82) is 0 Å². The van der Waals surface area contributed by atoms with Gasteiger partial charge in [-0.1, -0.05) is 36.8 Å². The second-order valence-electron chi connectivity index (χ2n) is 6.08. The molecule has 4 atom stereocenters. The molecule has 0 bridgehead atoms. The maximum atomic E-state index is 11.9. The molecule has 1 unspecified atom stereocenters. The Kier molecular flexibility index (Phi) is 6.05. The number of unbranched alkanes of at least 4 members (excludes halogenated alkanes) is 1. The van der Waals surface area contributed by atoms with Gasteiger partial charge >= 0.3 is 12.0 Å². The molecule has 130 valence electrons. The SMILES string of the molecule is O=C1N[C@H]2[C@H](CS[C@H]2CCCCC(=O)OC(Br)c2ccccc2)N1. The maximum absolute atomic E-state index is 11.9. The molecule has 5 nitrogen and oxygen atoms in total. The third-order valence-electron chi connectivity index (χ3n) is 4.35. The molecule has 2 saturated heterocycles. The first-order chi connectivity index (χ1) is 11.6. The number of esters is 1. The van der Waals surface area contributed by atoms with Crippen molar-refractivity contribution in [2.24, 2.45) is 0 Å². The van der Waals surface area contributed by atoms with Crippen LogP contribution in [-0.4, -0.2) is 35.1 Å². The van der Waals surface area contributed by atoms with Gasteiger partial charge in [-0.3, -0.25) is 4.79 Å². The number of halogens is 1. The number of benzene rings is 1. The van der Waals surface area contributed by atoms with E-state index in [1.54, 1.807) is 0 Å². The Hall–Kier alpha value is -1.21. The number of hydrogen-bond donors (Lipinski definition) is 2. The number of alkyl halides is 1. The van der Waals surface area contributed by atoms with E-state index in [0.29, 0.717) is 11.7 Å². The molecule has 7 heteroatoms. The minimum Gasteiger partial charge on any atom is -0.446 e. The summed E-state index contributed by atoms with van der Waals surface area (Å²) in [6, 6.07) is 10.1. The van der Waals surface area contributed by atoms with Crippen LogP contribution < -0.4 is 10.6 Å². The summed E-state index contributed by atoms with van der Waals surface area (Å²) < 4.78 is 5.40. The Morgan fingerprint density at radius 3 is 2.88 bits per heavy atom. The highest BCUT2D eigenvalue weighted by Crippen LogP contribution is 2.33. The Bertz CT molecular complexity index is 586. The molecule has 0 aliphatic carbocycles. The third-order valence-corrected chi connectivity index (χ3v) is 6.58. The number of rotatable bonds is 7. The molecule has 3 rings (SSSR count). The first-order valence-electron chi connectivity index (χ1n) is 8.20. The van der Waals surface area contributed by atoms with Crippen LogP contribution >= 0.6 is 27.7 Å². The number of fused-ring (bicyclic) bond motifs is 1. The molecule has 2 amide bonds. The Labute approximate surface area is 154 Å². The van der Waals surface area contributed by atoms with Gasteiger partial charge in [0.15, 0.2) is 5.01 Å². The zero-order valence-electron chi connectivity index (χ0n) is 13.2. The van der Waals surface area contributed by atoms with Gasteiger partial charge in [0.2, 0.25) is 0 Å². The van der Waals surface area contributed by atoms with Crippen LogP contribution in [0.2, 0.25) is 0 Å². The average molecular weight is 413 g/mol. The van der Waals surface area contributed by atoms with Gasteiger partial charge in [0, 0.05) is 23.0 Å². The molecular weight excluding hydrogens is 392 g/mol. The number of ether oxygens (including phenoxy) is 1. The highest BCUT2D eigenvalue weighted by molar-refractivity contribution is 9.09. The number of nitrogens with one attached hydrogen (secondary N) is 2. The topological polar surface area (TPSA) is 67.4 Å². The van der Waals surface area contributed by atoms with Gasteiger partial charge in [-0.15, -0.1) is 0 Å². The Morgan fingerprint density at radius 2 is 2.08 bits per heavy atom. The standard InChI is InChI=1S/C17H21BrN2O3S/c18-16(11-6-2-1-3-7-11)23-14(21)9-5-4-8-13-15-12(10-24-13)19-17(22)20-15/h1-3,6-7,12-13,15-16H,4-5,8-10H2,(H2,19,20,22)/t12-,13-,15-,16?/m0/s1. The summed E-state index contributed by atoms with van der Waals surface area (Å²) in [6.45, 7) is 0. The Balaban J connectivity index is 1.33. The second kappa shape index (κ2) is 8.25. The van der Waals surface area contributed by atoms with E-state index in [1.165, 1.54) is 0 Å². The summed E-state index contributed by atoms with van der Waals surface area (Å²) in [7, 11) is 0. The van der Waals surface area contributed by atoms with Gasteiger partial charge in [-0.05, 0) is 28.8 Å². The fourth-order valence-corrected chi connectivity index (χ4v) is 5.16. The second-order valence-corrected chi connectivity index (χ2v) is 8.19. The summed E-state index contributed by atoms with van der Waals surface area (Å²) in [4.78, 5) is 23.3. The van der Waals surface area contributed by atoms with E-state index in [2.05, 4.69) is 26.6 Å². The van der Waals surface area contributed by atoms with Crippen molar-refractivity contribution in [1.82, 2.24) is 10.6 Å². The molecule has 0 aromatic heterocycles. The number of urea groups is 1. The van der Waals surface area contributed by atoms with E-state index in [1.807, 2.05) is 42.1 Å². The van der Waals surface area contributed by atoms with Gasteiger partial charge < -0.3 is 15.4 Å². The first kappa shape index (κ1) is 17.6. The largest absolute Gasteiger partial charge is 0.446 e. The van der Waals surface area contributed by atoms with E-state index in [-0.39, 0.29) is 24.1 Å². The molecular formula is C17H21BrN2O3S. The lowest BCUT2D eigenvalue weighted by molar-refractivity contribution is -0.145. The van der Waals surface area contributed by atoms with E-state index in [9.17, 15) is 9.59 Å². The summed E-state index contributed by atoms with van der Waals surface area (Å²) in [5, 5.41) is 5.98. The third kappa shape index (κ3) is 4.45. The molecule has 2 fully saturated rings. The van der Waals surface area contributed by atoms with Crippen molar-refractivity contribution in [3.8, 4) is 0 Å². The van der Waals surface area contributed by atoms with Crippen molar-refractivity contribution >= 4 is 39.7 Å². The number of hydrogen-bond acceptors (Lipinski definition) is 4. The number of thioether (sulfide) groups is 1. The van der Waals surface area contributed by atoms with Crippen molar-refractivity contribution < 1.29 is 14.3 Å².